The van der Waals surface area contributed by atoms with E-state index in [1.807, 2.05) is 0 Å². The number of anilines is 1. The lowest BCUT2D eigenvalue weighted by atomic mass is 9.99. The zero-order valence-corrected chi connectivity index (χ0v) is 13.8. The fourth-order valence-corrected chi connectivity index (χ4v) is 2.60. The average Bonchev–Trinajstić information content (AvgIpc) is 2.56. The third kappa shape index (κ3) is 5.56. The molecule has 0 bridgehead atoms. The van der Waals surface area contributed by atoms with Gasteiger partial charge in [0, 0.05) is 18.8 Å². The van der Waals surface area contributed by atoms with Crippen molar-refractivity contribution in [1.82, 2.24) is 10.2 Å². The number of likely N-dealkylation sites (tertiary alicyclic amines) is 1. The number of benzene rings is 1. The molecule has 1 aromatic rings. The Bertz CT molecular complexity index is 522. The highest BCUT2D eigenvalue weighted by Gasteiger charge is 2.15. The van der Waals surface area contributed by atoms with Crippen LogP contribution in [0.4, 0.5) is 10.5 Å². The van der Waals surface area contributed by atoms with Crippen LogP contribution in [0.1, 0.15) is 30.1 Å². The molecule has 0 spiro atoms. The van der Waals surface area contributed by atoms with Gasteiger partial charge in [0.15, 0.2) is 0 Å². The van der Waals surface area contributed by atoms with E-state index in [1.54, 1.807) is 24.3 Å². The van der Waals surface area contributed by atoms with Crippen molar-refractivity contribution in [3.05, 3.63) is 29.8 Å². The monoisotopic (exact) mass is 319 g/mol. The molecule has 0 saturated carbocycles. The lowest BCUT2D eigenvalue weighted by Gasteiger charge is -2.30. The minimum absolute atomic E-state index is 0.235. The summed E-state index contributed by atoms with van der Waals surface area (Å²) >= 11 is 0. The maximum Gasteiger partial charge on any atom is 0.337 e. The van der Waals surface area contributed by atoms with Crippen molar-refractivity contribution in [3.63, 3.8) is 0 Å². The smallest absolute Gasteiger partial charge is 0.337 e. The molecule has 126 valence electrons. The maximum atomic E-state index is 11.8. The Hall–Kier alpha value is -2.08. The molecule has 6 nitrogen and oxygen atoms in total. The summed E-state index contributed by atoms with van der Waals surface area (Å²) in [6, 6.07) is 6.36. The van der Waals surface area contributed by atoms with E-state index in [1.165, 1.54) is 20.0 Å². The van der Waals surface area contributed by atoms with Gasteiger partial charge in [-0.25, -0.2) is 9.59 Å². The fraction of sp³-hybridized carbons (Fsp3) is 0.529. The molecule has 23 heavy (non-hydrogen) atoms. The maximum absolute atomic E-state index is 11.8. The van der Waals surface area contributed by atoms with E-state index in [4.69, 9.17) is 0 Å². The molecule has 1 fully saturated rings. The van der Waals surface area contributed by atoms with Crippen molar-refractivity contribution in [1.29, 1.82) is 0 Å². The summed E-state index contributed by atoms with van der Waals surface area (Å²) in [5, 5.41) is 5.61. The number of esters is 1. The van der Waals surface area contributed by atoms with Crippen molar-refractivity contribution in [3.8, 4) is 0 Å². The topological polar surface area (TPSA) is 70.7 Å². The number of rotatable bonds is 5. The summed E-state index contributed by atoms with van der Waals surface area (Å²) in [5.74, 6) is 0.423. The van der Waals surface area contributed by atoms with Gasteiger partial charge < -0.3 is 20.3 Å². The average molecular weight is 319 g/mol. The molecule has 1 heterocycles. The molecule has 2 N–H and O–H groups in total. The molecule has 0 aliphatic carbocycles. The molecule has 1 aliphatic rings. The predicted molar refractivity (Wildman–Crippen MR) is 89.6 cm³/mol. The van der Waals surface area contributed by atoms with Gasteiger partial charge in [-0.15, -0.1) is 0 Å². The number of amides is 2. The number of carbonyl (C=O) groups excluding carboxylic acids is 2. The second kappa shape index (κ2) is 8.53. The molecule has 0 unspecified atom stereocenters. The number of nitrogens with zero attached hydrogens (tertiary/aromatic N) is 1. The molecule has 0 radical (unpaired) electrons. The number of piperidine rings is 1. The molecule has 0 aromatic heterocycles. The lowest BCUT2D eigenvalue weighted by molar-refractivity contribution is 0.0601. The van der Waals surface area contributed by atoms with Gasteiger partial charge in [0.05, 0.1) is 12.7 Å². The Morgan fingerprint density at radius 2 is 1.87 bits per heavy atom. The van der Waals surface area contributed by atoms with Crippen LogP contribution < -0.4 is 10.6 Å². The molecule has 1 aliphatic heterocycles. The molecule has 2 rings (SSSR count). The quantitative estimate of drug-likeness (QED) is 0.817. The molecular formula is C17H25N3O3. The van der Waals surface area contributed by atoms with E-state index < -0.39 is 5.97 Å². The zero-order chi connectivity index (χ0) is 16.7. The van der Waals surface area contributed by atoms with Gasteiger partial charge in [-0.05, 0) is 56.1 Å². The summed E-state index contributed by atoms with van der Waals surface area (Å²) in [5.41, 5.74) is 1.10. The first kappa shape index (κ1) is 17.3. The van der Waals surface area contributed by atoms with E-state index in [-0.39, 0.29) is 6.03 Å². The number of urea groups is 1. The van der Waals surface area contributed by atoms with Crippen LogP contribution in [-0.2, 0) is 4.74 Å². The summed E-state index contributed by atoms with van der Waals surface area (Å²) in [6.07, 6.45) is 2.47. The third-order valence-electron chi connectivity index (χ3n) is 4.15. The van der Waals surface area contributed by atoms with Gasteiger partial charge in [-0.3, -0.25) is 0 Å². The number of nitrogens with one attached hydrogen (secondary N) is 2. The summed E-state index contributed by atoms with van der Waals surface area (Å²) in [6.45, 7) is 6.01. The minimum atomic E-state index is -0.392. The number of hydrogen-bond donors (Lipinski definition) is 2. The van der Waals surface area contributed by atoms with Crippen LogP contribution in [0.15, 0.2) is 24.3 Å². The second-order valence-corrected chi connectivity index (χ2v) is 5.97. The highest BCUT2D eigenvalue weighted by molar-refractivity contribution is 5.92. The predicted octanol–water partition coefficient (Wildman–Crippen LogP) is 2.33. The van der Waals surface area contributed by atoms with Crippen LogP contribution in [-0.4, -0.2) is 50.2 Å². The number of carbonyl (C=O) groups is 2. The van der Waals surface area contributed by atoms with Gasteiger partial charge in [0.2, 0.25) is 0 Å². The Morgan fingerprint density at radius 3 is 2.48 bits per heavy atom. The SMILES string of the molecule is COC(=O)c1ccc(NC(=O)NCCN2CCC(C)CC2)cc1. The van der Waals surface area contributed by atoms with Crippen molar-refractivity contribution in [2.75, 3.05) is 38.6 Å². The fourth-order valence-electron chi connectivity index (χ4n) is 2.60. The van der Waals surface area contributed by atoms with Gasteiger partial charge in [-0.2, -0.15) is 0 Å². The largest absolute Gasteiger partial charge is 0.465 e. The molecule has 1 aromatic carbocycles. The zero-order valence-electron chi connectivity index (χ0n) is 13.8. The van der Waals surface area contributed by atoms with Crippen LogP contribution in [0.2, 0.25) is 0 Å². The highest BCUT2D eigenvalue weighted by Crippen LogP contribution is 2.15. The summed E-state index contributed by atoms with van der Waals surface area (Å²) < 4.78 is 4.63. The van der Waals surface area contributed by atoms with Crippen molar-refractivity contribution >= 4 is 17.7 Å². The van der Waals surface area contributed by atoms with Crippen LogP contribution in [0.3, 0.4) is 0 Å². The van der Waals surface area contributed by atoms with Crippen molar-refractivity contribution in [2.45, 2.75) is 19.8 Å². The summed E-state index contributed by atoms with van der Waals surface area (Å²) in [4.78, 5) is 25.6. The number of hydrogen-bond acceptors (Lipinski definition) is 4. The number of methoxy groups -OCH3 is 1. The van der Waals surface area contributed by atoms with Crippen LogP contribution >= 0.6 is 0 Å². The molecule has 1 saturated heterocycles. The van der Waals surface area contributed by atoms with E-state index in [0.717, 1.165) is 25.6 Å². The lowest BCUT2D eigenvalue weighted by Crippen LogP contribution is -2.40. The summed E-state index contributed by atoms with van der Waals surface area (Å²) in [7, 11) is 1.34. The normalized spacial score (nSPS) is 15.9. The molecule has 2 amide bonds. The van der Waals surface area contributed by atoms with Gasteiger partial charge in [0.1, 0.15) is 0 Å². The van der Waals surface area contributed by atoms with E-state index in [0.29, 0.717) is 17.8 Å². The van der Waals surface area contributed by atoms with Crippen molar-refractivity contribution < 1.29 is 14.3 Å². The first-order valence-corrected chi connectivity index (χ1v) is 8.04. The molecule has 6 heteroatoms. The van der Waals surface area contributed by atoms with E-state index in [9.17, 15) is 9.59 Å². The first-order chi connectivity index (χ1) is 11.1. The molecule has 0 atom stereocenters. The standard InChI is InChI=1S/C17H25N3O3/c1-13-7-10-20(11-8-13)12-9-18-17(22)19-15-5-3-14(4-6-15)16(21)23-2/h3-6,13H,7-12H2,1-2H3,(H2,18,19,22). The van der Waals surface area contributed by atoms with Crippen molar-refractivity contribution in [2.24, 2.45) is 5.92 Å². The molecular weight excluding hydrogens is 294 g/mol. The van der Waals surface area contributed by atoms with E-state index >= 15 is 0 Å². The first-order valence-electron chi connectivity index (χ1n) is 8.04. The van der Waals surface area contributed by atoms with E-state index in [2.05, 4.69) is 27.2 Å². The Kier molecular flexibility index (Phi) is 6.40. The van der Waals surface area contributed by atoms with Crippen LogP contribution in [0.25, 0.3) is 0 Å². The Labute approximate surface area is 137 Å². The Balaban J connectivity index is 1.69. The van der Waals surface area contributed by atoms with Gasteiger partial charge in [-0.1, -0.05) is 6.92 Å². The highest BCUT2D eigenvalue weighted by atomic mass is 16.5. The Morgan fingerprint density at radius 1 is 1.22 bits per heavy atom. The van der Waals surface area contributed by atoms with Crippen LogP contribution in [0, 0.1) is 5.92 Å². The number of ether oxygens (including phenoxy) is 1. The van der Waals surface area contributed by atoms with Gasteiger partial charge >= 0.3 is 12.0 Å². The third-order valence-corrected chi connectivity index (χ3v) is 4.15. The minimum Gasteiger partial charge on any atom is -0.465 e. The second-order valence-electron chi connectivity index (χ2n) is 5.97. The van der Waals surface area contributed by atoms with Crippen LogP contribution in [0.5, 0.6) is 0 Å². The van der Waals surface area contributed by atoms with Gasteiger partial charge in [0.25, 0.3) is 0 Å².